The first-order valence-corrected chi connectivity index (χ1v) is 12.2. The van der Waals surface area contributed by atoms with Crippen LogP contribution in [0.2, 0.25) is 0 Å². The number of aromatic nitrogens is 1. The molecular weight excluding hydrogens is 392 g/mol. The molecule has 1 unspecified atom stereocenters. The number of anilines is 1. The number of aliphatic imine (C=N–C) groups is 1. The van der Waals surface area contributed by atoms with Gasteiger partial charge in [-0.2, -0.15) is 0 Å². The van der Waals surface area contributed by atoms with Gasteiger partial charge in [0.25, 0.3) is 5.91 Å². The molecule has 0 saturated heterocycles. The van der Waals surface area contributed by atoms with Crippen LogP contribution in [0.3, 0.4) is 0 Å². The molecule has 0 spiro atoms. The monoisotopic (exact) mass is 430 g/mol. The Morgan fingerprint density at radius 3 is 2.63 bits per heavy atom. The zero-order chi connectivity index (χ0) is 22.3. The Hall–Kier alpha value is -1.82. The van der Waals surface area contributed by atoms with Crippen LogP contribution in [0, 0.1) is 17.3 Å². The number of nitrogens with zero attached hydrogens (tertiary/aromatic N) is 3. The third-order valence-electron chi connectivity index (χ3n) is 6.01. The number of thioether (sulfide) groups is 1. The molecule has 1 atom stereocenters. The number of amides is 1. The van der Waals surface area contributed by atoms with Crippen LogP contribution >= 0.6 is 11.8 Å². The first-order valence-electron chi connectivity index (χ1n) is 11.0. The molecule has 30 heavy (non-hydrogen) atoms. The van der Waals surface area contributed by atoms with Gasteiger partial charge in [0.05, 0.1) is 10.6 Å². The molecule has 2 heterocycles. The largest absolute Gasteiger partial charge is 0.356 e. The fraction of sp³-hybridized carbons (Fsp3) is 0.625. The number of hydrogen-bond acceptors (Lipinski definition) is 5. The van der Waals surface area contributed by atoms with Crippen molar-refractivity contribution in [3.8, 4) is 0 Å². The SMILES string of the molecule is CCC(C)(C)CN(CC(C)C(C)C)c1ccc(C=NC2=C(SC)C(=O)NCC2)cn1. The molecule has 0 saturated carbocycles. The Morgan fingerprint density at radius 2 is 2.07 bits per heavy atom. The van der Waals surface area contributed by atoms with E-state index in [1.165, 1.54) is 11.8 Å². The lowest BCUT2D eigenvalue weighted by Gasteiger charge is -2.35. The third-order valence-corrected chi connectivity index (χ3v) is 6.84. The minimum absolute atomic E-state index is 0.0252. The molecule has 0 radical (unpaired) electrons. The molecule has 166 valence electrons. The molecule has 1 aromatic heterocycles. The molecule has 6 heteroatoms. The number of pyridine rings is 1. The van der Waals surface area contributed by atoms with Crippen LogP contribution in [0.1, 0.15) is 59.9 Å². The van der Waals surface area contributed by atoms with Crippen LogP contribution in [0.25, 0.3) is 0 Å². The highest BCUT2D eigenvalue weighted by Crippen LogP contribution is 2.27. The van der Waals surface area contributed by atoms with Crippen molar-refractivity contribution in [2.75, 3.05) is 30.8 Å². The summed E-state index contributed by atoms with van der Waals surface area (Å²) in [6.45, 7) is 16.4. The molecule has 1 aliphatic rings. The van der Waals surface area contributed by atoms with Gasteiger partial charge >= 0.3 is 0 Å². The average Bonchev–Trinajstić information content (AvgIpc) is 2.72. The van der Waals surface area contributed by atoms with Gasteiger partial charge in [0.15, 0.2) is 0 Å². The predicted octanol–water partition coefficient (Wildman–Crippen LogP) is 5.13. The van der Waals surface area contributed by atoms with E-state index in [1.54, 1.807) is 0 Å². The first kappa shape index (κ1) is 24.4. The minimum Gasteiger partial charge on any atom is -0.356 e. The molecule has 1 aromatic rings. The number of rotatable bonds is 10. The highest BCUT2D eigenvalue weighted by Gasteiger charge is 2.23. The Bertz CT molecular complexity index is 768. The molecule has 0 fully saturated rings. The van der Waals surface area contributed by atoms with Crippen molar-refractivity contribution in [3.63, 3.8) is 0 Å². The van der Waals surface area contributed by atoms with Crippen LogP contribution in [0.4, 0.5) is 5.82 Å². The van der Waals surface area contributed by atoms with Gasteiger partial charge in [-0.05, 0) is 42.1 Å². The standard InChI is InChI=1S/C24H38N4OS/c1-8-24(5,6)16-28(15-18(4)17(2)3)21-10-9-19(14-27-21)13-26-20-11-12-25-23(29)22(20)30-7/h9-10,13-14,17-18H,8,11-12,15-16H2,1-7H3,(H,25,29). The Labute approximate surface area is 186 Å². The van der Waals surface area contributed by atoms with Crippen LogP contribution in [0.15, 0.2) is 33.9 Å². The van der Waals surface area contributed by atoms with Gasteiger partial charge in [-0.25, -0.2) is 4.98 Å². The van der Waals surface area contributed by atoms with Crippen LogP contribution < -0.4 is 10.2 Å². The molecule has 0 aliphatic carbocycles. The number of nitrogens with one attached hydrogen (secondary N) is 1. The van der Waals surface area contributed by atoms with Gasteiger partial charge in [-0.1, -0.05) is 41.5 Å². The lowest BCUT2D eigenvalue weighted by molar-refractivity contribution is -0.117. The average molecular weight is 431 g/mol. The van der Waals surface area contributed by atoms with E-state index in [1.807, 2.05) is 18.7 Å². The summed E-state index contributed by atoms with van der Waals surface area (Å²) in [5.41, 5.74) is 2.04. The fourth-order valence-corrected chi connectivity index (χ4v) is 3.84. The quantitative estimate of drug-likeness (QED) is 0.523. The maximum absolute atomic E-state index is 12.0. The highest BCUT2D eigenvalue weighted by atomic mass is 32.2. The molecule has 2 rings (SSSR count). The normalized spacial score (nSPS) is 16.3. The van der Waals surface area contributed by atoms with Gasteiger partial charge in [0.1, 0.15) is 5.82 Å². The Morgan fingerprint density at radius 1 is 1.33 bits per heavy atom. The molecule has 5 nitrogen and oxygen atoms in total. The van der Waals surface area contributed by atoms with E-state index in [0.717, 1.165) is 43.0 Å². The summed E-state index contributed by atoms with van der Waals surface area (Å²) < 4.78 is 0. The van der Waals surface area contributed by atoms with E-state index in [2.05, 4.69) is 68.9 Å². The molecule has 1 amide bonds. The summed E-state index contributed by atoms with van der Waals surface area (Å²) in [4.78, 5) is 24.4. The zero-order valence-electron chi connectivity index (χ0n) is 19.7. The van der Waals surface area contributed by atoms with E-state index in [4.69, 9.17) is 4.98 Å². The van der Waals surface area contributed by atoms with Crippen molar-refractivity contribution in [2.24, 2.45) is 22.2 Å². The van der Waals surface area contributed by atoms with Crippen molar-refractivity contribution < 1.29 is 4.79 Å². The lowest BCUT2D eigenvalue weighted by atomic mass is 9.88. The second kappa shape index (κ2) is 11.0. The lowest BCUT2D eigenvalue weighted by Crippen LogP contribution is -2.38. The molecule has 0 bridgehead atoms. The van der Waals surface area contributed by atoms with Gasteiger partial charge in [-0.15, -0.1) is 11.8 Å². The summed E-state index contributed by atoms with van der Waals surface area (Å²) in [5.74, 6) is 2.22. The maximum atomic E-state index is 12.0. The number of carbonyl (C=O) groups excluding carboxylic acids is 1. The van der Waals surface area contributed by atoms with Crippen LogP contribution in [0.5, 0.6) is 0 Å². The molecule has 1 aliphatic heterocycles. The van der Waals surface area contributed by atoms with Crippen LogP contribution in [-0.2, 0) is 4.79 Å². The molecule has 1 N–H and O–H groups in total. The Balaban J connectivity index is 2.20. The van der Waals surface area contributed by atoms with Gasteiger partial charge in [0.2, 0.25) is 0 Å². The molecule has 0 aromatic carbocycles. The number of hydrogen-bond donors (Lipinski definition) is 1. The van der Waals surface area contributed by atoms with E-state index >= 15 is 0 Å². The van der Waals surface area contributed by atoms with Crippen molar-refractivity contribution in [2.45, 2.75) is 54.4 Å². The summed E-state index contributed by atoms with van der Waals surface area (Å²) >= 11 is 1.45. The van der Waals surface area contributed by atoms with E-state index in [0.29, 0.717) is 23.3 Å². The zero-order valence-corrected chi connectivity index (χ0v) is 20.5. The van der Waals surface area contributed by atoms with E-state index in [-0.39, 0.29) is 11.3 Å². The van der Waals surface area contributed by atoms with E-state index < -0.39 is 0 Å². The summed E-state index contributed by atoms with van der Waals surface area (Å²) in [7, 11) is 0. The van der Waals surface area contributed by atoms with Crippen LogP contribution in [-0.4, -0.2) is 43.0 Å². The summed E-state index contributed by atoms with van der Waals surface area (Å²) in [6.07, 6.45) is 7.50. The second-order valence-corrected chi connectivity index (χ2v) is 10.1. The van der Waals surface area contributed by atoms with Gasteiger partial charge in [0, 0.05) is 44.0 Å². The summed E-state index contributed by atoms with van der Waals surface area (Å²) in [6, 6.07) is 4.16. The Kier molecular flexibility index (Phi) is 8.95. The smallest absolute Gasteiger partial charge is 0.259 e. The maximum Gasteiger partial charge on any atom is 0.259 e. The summed E-state index contributed by atoms with van der Waals surface area (Å²) in [5, 5.41) is 2.87. The molecular formula is C24H38N4OS. The third kappa shape index (κ3) is 6.86. The van der Waals surface area contributed by atoms with Gasteiger partial charge < -0.3 is 10.2 Å². The topological polar surface area (TPSA) is 57.6 Å². The van der Waals surface area contributed by atoms with Crippen molar-refractivity contribution in [3.05, 3.63) is 34.5 Å². The van der Waals surface area contributed by atoms with Crippen molar-refractivity contribution >= 4 is 29.7 Å². The fourth-order valence-electron chi connectivity index (χ4n) is 3.19. The van der Waals surface area contributed by atoms with E-state index in [9.17, 15) is 4.79 Å². The predicted molar refractivity (Wildman–Crippen MR) is 130 cm³/mol. The van der Waals surface area contributed by atoms with Gasteiger partial charge in [-0.3, -0.25) is 9.79 Å². The highest BCUT2D eigenvalue weighted by molar-refractivity contribution is 8.03. The second-order valence-electron chi connectivity index (χ2n) is 9.31. The minimum atomic E-state index is -0.0252. The van der Waals surface area contributed by atoms with Crippen molar-refractivity contribution in [1.82, 2.24) is 10.3 Å². The van der Waals surface area contributed by atoms with Crippen molar-refractivity contribution in [1.29, 1.82) is 0 Å². The first-order chi connectivity index (χ1) is 14.2. The number of carbonyl (C=O) groups is 1.